The van der Waals surface area contributed by atoms with Crippen LogP contribution in [0.2, 0.25) is 0 Å². The summed E-state index contributed by atoms with van der Waals surface area (Å²) in [6, 6.07) is 20.1. The maximum absolute atomic E-state index is 12.6. The number of carbonyl (C=O) groups excluding carboxylic acids is 1. The third-order valence-corrected chi connectivity index (χ3v) is 5.41. The number of hydrogen-bond acceptors (Lipinski definition) is 3. The van der Waals surface area contributed by atoms with Crippen molar-refractivity contribution in [3.63, 3.8) is 0 Å². The molecule has 0 fully saturated rings. The lowest BCUT2D eigenvalue weighted by Gasteiger charge is -2.20. The van der Waals surface area contributed by atoms with Gasteiger partial charge in [0.25, 0.3) is 5.91 Å². The van der Waals surface area contributed by atoms with E-state index in [0.29, 0.717) is 17.8 Å². The summed E-state index contributed by atoms with van der Waals surface area (Å²) in [5, 5.41) is 4.94. The van der Waals surface area contributed by atoms with Gasteiger partial charge < -0.3 is 5.32 Å². The summed E-state index contributed by atoms with van der Waals surface area (Å²) in [7, 11) is -3.34. The van der Waals surface area contributed by atoms with Crippen LogP contribution in [-0.2, 0) is 10.0 Å². The number of nitrogens with zero attached hydrogens (tertiary/aromatic N) is 1. The van der Waals surface area contributed by atoms with Gasteiger partial charge >= 0.3 is 0 Å². The number of carbonyl (C=O) groups is 1. The van der Waals surface area contributed by atoms with Crippen LogP contribution in [0.15, 0.2) is 66.7 Å². The van der Waals surface area contributed by atoms with Crippen LogP contribution in [0.5, 0.6) is 0 Å². The quantitative estimate of drug-likeness (QED) is 0.743. The topological polar surface area (TPSA) is 66.5 Å². The fourth-order valence-corrected chi connectivity index (χ4v) is 3.89. The molecule has 0 bridgehead atoms. The number of nitrogens with one attached hydrogen (secondary N) is 1. The minimum absolute atomic E-state index is 0.240. The number of benzene rings is 3. The molecule has 0 atom stereocenters. The third kappa shape index (κ3) is 3.70. The van der Waals surface area contributed by atoms with Crippen LogP contribution in [0.25, 0.3) is 10.8 Å². The summed E-state index contributed by atoms with van der Waals surface area (Å²) in [4.78, 5) is 12.6. The molecule has 0 heterocycles. The molecule has 3 aromatic rings. The van der Waals surface area contributed by atoms with E-state index in [-0.39, 0.29) is 5.91 Å². The number of sulfonamides is 1. The van der Waals surface area contributed by atoms with E-state index < -0.39 is 10.0 Å². The Kier molecular flexibility index (Phi) is 4.95. The third-order valence-electron chi connectivity index (χ3n) is 4.14. The van der Waals surface area contributed by atoms with Gasteiger partial charge in [0.15, 0.2) is 0 Å². The average molecular weight is 368 g/mol. The van der Waals surface area contributed by atoms with Crippen LogP contribution in [0, 0.1) is 0 Å². The Bertz CT molecular complexity index is 1040. The average Bonchev–Trinajstić information content (AvgIpc) is 2.62. The van der Waals surface area contributed by atoms with Crippen molar-refractivity contribution in [2.45, 2.75) is 6.92 Å². The van der Waals surface area contributed by atoms with Crippen molar-refractivity contribution in [1.82, 2.24) is 0 Å². The van der Waals surface area contributed by atoms with Gasteiger partial charge in [-0.2, -0.15) is 0 Å². The zero-order valence-corrected chi connectivity index (χ0v) is 15.5. The van der Waals surface area contributed by atoms with Crippen LogP contribution in [0.1, 0.15) is 17.3 Å². The number of fused-ring (bicyclic) bond motifs is 1. The van der Waals surface area contributed by atoms with Crippen molar-refractivity contribution in [2.75, 3.05) is 22.4 Å². The molecule has 1 amide bonds. The first-order valence-electron chi connectivity index (χ1n) is 8.27. The molecule has 26 heavy (non-hydrogen) atoms. The Morgan fingerprint density at radius 2 is 1.62 bits per heavy atom. The Balaban J connectivity index is 1.84. The van der Waals surface area contributed by atoms with E-state index in [1.54, 1.807) is 31.2 Å². The van der Waals surface area contributed by atoms with E-state index in [0.717, 1.165) is 22.7 Å². The van der Waals surface area contributed by atoms with Crippen LogP contribution >= 0.6 is 0 Å². The van der Waals surface area contributed by atoms with Crippen molar-refractivity contribution in [3.05, 3.63) is 72.3 Å². The van der Waals surface area contributed by atoms with Crippen molar-refractivity contribution in [3.8, 4) is 0 Å². The highest BCUT2D eigenvalue weighted by atomic mass is 32.2. The van der Waals surface area contributed by atoms with Crippen molar-refractivity contribution >= 4 is 38.1 Å². The second kappa shape index (κ2) is 7.17. The molecule has 3 aromatic carbocycles. The summed E-state index contributed by atoms with van der Waals surface area (Å²) in [6.07, 6.45) is 1.16. The van der Waals surface area contributed by atoms with Crippen LogP contribution in [0.4, 0.5) is 11.4 Å². The molecular formula is C20H20N2O3S. The van der Waals surface area contributed by atoms with E-state index in [9.17, 15) is 13.2 Å². The number of rotatable bonds is 5. The van der Waals surface area contributed by atoms with E-state index in [1.807, 2.05) is 42.5 Å². The molecule has 134 valence electrons. The second-order valence-corrected chi connectivity index (χ2v) is 7.86. The van der Waals surface area contributed by atoms with E-state index in [2.05, 4.69) is 5.32 Å². The zero-order valence-electron chi connectivity index (χ0n) is 14.6. The lowest BCUT2D eigenvalue weighted by molar-refractivity contribution is 0.102. The van der Waals surface area contributed by atoms with Gasteiger partial charge in [-0.15, -0.1) is 0 Å². The van der Waals surface area contributed by atoms with Gasteiger partial charge in [-0.05, 0) is 42.6 Å². The lowest BCUT2D eigenvalue weighted by atomic mass is 10.1. The summed E-state index contributed by atoms with van der Waals surface area (Å²) < 4.78 is 24.9. The van der Waals surface area contributed by atoms with Gasteiger partial charge in [0.05, 0.1) is 11.9 Å². The van der Waals surface area contributed by atoms with Crippen LogP contribution in [-0.4, -0.2) is 27.1 Å². The molecule has 0 aliphatic carbocycles. The van der Waals surface area contributed by atoms with Crippen molar-refractivity contribution in [1.29, 1.82) is 0 Å². The minimum atomic E-state index is -3.34. The summed E-state index contributed by atoms with van der Waals surface area (Å²) in [6.45, 7) is 2.10. The second-order valence-electron chi connectivity index (χ2n) is 5.96. The minimum Gasteiger partial charge on any atom is -0.321 e. The zero-order chi connectivity index (χ0) is 18.7. The monoisotopic (exact) mass is 368 g/mol. The molecule has 0 spiro atoms. The van der Waals surface area contributed by atoms with E-state index >= 15 is 0 Å². The molecule has 5 nitrogen and oxygen atoms in total. The Morgan fingerprint density at radius 3 is 2.27 bits per heavy atom. The number of hydrogen-bond donors (Lipinski definition) is 1. The smallest absolute Gasteiger partial charge is 0.255 e. The van der Waals surface area contributed by atoms with Gasteiger partial charge in [0, 0.05) is 23.2 Å². The highest BCUT2D eigenvalue weighted by molar-refractivity contribution is 7.92. The molecule has 0 unspecified atom stereocenters. The van der Waals surface area contributed by atoms with Crippen molar-refractivity contribution < 1.29 is 13.2 Å². The summed E-state index contributed by atoms with van der Waals surface area (Å²) in [5.41, 5.74) is 1.74. The first-order valence-corrected chi connectivity index (χ1v) is 10.1. The van der Waals surface area contributed by atoms with Gasteiger partial charge in [0.1, 0.15) is 0 Å². The molecule has 6 heteroatoms. The molecule has 0 saturated heterocycles. The molecular weight excluding hydrogens is 348 g/mol. The maximum Gasteiger partial charge on any atom is 0.255 e. The molecule has 0 aliphatic rings. The summed E-state index contributed by atoms with van der Waals surface area (Å²) in [5.74, 6) is -0.240. The van der Waals surface area contributed by atoms with E-state index in [1.165, 1.54) is 4.31 Å². The SMILES string of the molecule is CCN(c1ccc(C(=O)Nc2cccc3ccccc23)cc1)S(C)(=O)=O. The Morgan fingerprint density at radius 1 is 0.962 bits per heavy atom. The lowest BCUT2D eigenvalue weighted by Crippen LogP contribution is -2.29. The predicted molar refractivity (Wildman–Crippen MR) is 106 cm³/mol. The van der Waals surface area contributed by atoms with Gasteiger partial charge in [-0.3, -0.25) is 9.10 Å². The fraction of sp³-hybridized carbons (Fsp3) is 0.150. The first-order chi connectivity index (χ1) is 12.4. The largest absolute Gasteiger partial charge is 0.321 e. The number of anilines is 2. The molecule has 0 saturated carbocycles. The summed E-state index contributed by atoms with van der Waals surface area (Å²) >= 11 is 0. The maximum atomic E-state index is 12.6. The molecule has 3 rings (SSSR count). The van der Waals surface area contributed by atoms with Gasteiger partial charge in [-0.25, -0.2) is 8.42 Å². The normalized spacial score (nSPS) is 11.3. The highest BCUT2D eigenvalue weighted by Crippen LogP contribution is 2.24. The molecule has 0 radical (unpaired) electrons. The van der Waals surface area contributed by atoms with Gasteiger partial charge in [0.2, 0.25) is 10.0 Å². The number of amides is 1. The Labute approximate surface area is 153 Å². The highest BCUT2D eigenvalue weighted by Gasteiger charge is 2.16. The molecule has 0 aliphatic heterocycles. The molecule has 0 aromatic heterocycles. The van der Waals surface area contributed by atoms with Crippen LogP contribution < -0.4 is 9.62 Å². The first kappa shape index (κ1) is 17.9. The van der Waals surface area contributed by atoms with Crippen molar-refractivity contribution in [2.24, 2.45) is 0 Å². The standard InChI is InChI=1S/C20H20N2O3S/c1-3-22(26(2,24)25)17-13-11-16(12-14-17)20(23)21-19-10-6-8-15-7-4-5-9-18(15)19/h4-14H,3H2,1-2H3,(H,21,23). The fourth-order valence-electron chi connectivity index (χ4n) is 2.92. The van der Waals surface area contributed by atoms with E-state index in [4.69, 9.17) is 0 Å². The van der Waals surface area contributed by atoms with Gasteiger partial charge in [-0.1, -0.05) is 36.4 Å². The molecule has 1 N–H and O–H groups in total. The Hall–Kier alpha value is -2.86. The predicted octanol–water partition coefficient (Wildman–Crippen LogP) is 3.88. The van der Waals surface area contributed by atoms with Crippen LogP contribution in [0.3, 0.4) is 0 Å².